The van der Waals surface area contributed by atoms with Gasteiger partial charge in [-0.2, -0.15) is 0 Å². The van der Waals surface area contributed by atoms with Gasteiger partial charge in [0.15, 0.2) is 11.5 Å². The van der Waals surface area contributed by atoms with Crippen molar-refractivity contribution in [1.82, 2.24) is 5.32 Å². The van der Waals surface area contributed by atoms with Gasteiger partial charge < -0.3 is 14.8 Å². The fourth-order valence-electron chi connectivity index (χ4n) is 3.36. The van der Waals surface area contributed by atoms with Crippen molar-refractivity contribution >= 4 is 15.9 Å². The summed E-state index contributed by atoms with van der Waals surface area (Å²) in [5, 5.41) is 3.62. The highest BCUT2D eigenvalue weighted by Gasteiger charge is 2.13. The molecule has 0 radical (unpaired) electrons. The first kappa shape index (κ1) is 22.4. The molecule has 0 aliphatic rings. The van der Waals surface area contributed by atoms with Crippen molar-refractivity contribution in [3.8, 4) is 11.5 Å². The molecule has 0 unspecified atom stereocenters. The highest BCUT2D eigenvalue weighted by Crippen LogP contribution is 2.37. The molecular weight excluding hydrogens is 438 g/mol. The molecule has 3 aromatic rings. The minimum absolute atomic E-state index is 0.423. The average Bonchev–Trinajstić information content (AvgIpc) is 2.77. The number of methoxy groups -OCH3 is 1. The number of nitrogens with one attached hydrogen (secondary N) is 1. The Morgan fingerprint density at radius 2 is 1.70 bits per heavy atom. The van der Waals surface area contributed by atoms with E-state index >= 15 is 0 Å². The third-order valence-electron chi connectivity index (χ3n) is 5.29. The van der Waals surface area contributed by atoms with E-state index in [0.29, 0.717) is 12.6 Å². The molecule has 3 rings (SSSR count). The van der Waals surface area contributed by atoms with E-state index in [2.05, 4.69) is 89.7 Å². The van der Waals surface area contributed by atoms with Crippen LogP contribution in [0.5, 0.6) is 11.5 Å². The summed E-state index contributed by atoms with van der Waals surface area (Å²) in [5.74, 6) is 1.48. The van der Waals surface area contributed by atoms with Crippen molar-refractivity contribution in [1.29, 1.82) is 0 Å². The van der Waals surface area contributed by atoms with Crippen LogP contribution in [0, 0.1) is 6.92 Å². The highest BCUT2D eigenvalue weighted by molar-refractivity contribution is 9.10. The fraction of sp³-hybridized carbons (Fsp3) is 0.308. The number of hydrogen-bond donors (Lipinski definition) is 1. The molecular formula is C26H30BrNO2. The number of rotatable bonds is 10. The first-order chi connectivity index (χ1) is 14.6. The molecule has 0 saturated heterocycles. The molecule has 0 aliphatic heterocycles. The second-order valence-electron chi connectivity index (χ2n) is 7.63. The second kappa shape index (κ2) is 11.2. The quantitative estimate of drug-likeness (QED) is 0.371. The molecule has 0 heterocycles. The largest absolute Gasteiger partial charge is 0.493 e. The summed E-state index contributed by atoms with van der Waals surface area (Å²) in [5.41, 5.74) is 4.93. The van der Waals surface area contributed by atoms with Crippen LogP contribution in [0.3, 0.4) is 0 Å². The van der Waals surface area contributed by atoms with Gasteiger partial charge in [-0.3, -0.25) is 0 Å². The van der Waals surface area contributed by atoms with Crippen LogP contribution in [-0.2, 0) is 19.6 Å². The summed E-state index contributed by atoms with van der Waals surface area (Å²) < 4.78 is 12.6. The maximum absolute atomic E-state index is 6.10. The van der Waals surface area contributed by atoms with E-state index in [-0.39, 0.29) is 0 Å². The zero-order chi connectivity index (χ0) is 21.3. The van der Waals surface area contributed by atoms with E-state index in [1.54, 1.807) is 7.11 Å². The van der Waals surface area contributed by atoms with Gasteiger partial charge in [0.1, 0.15) is 6.61 Å². The van der Waals surface area contributed by atoms with Crippen molar-refractivity contribution < 1.29 is 9.47 Å². The lowest BCUT2D eigenvalue weighted by Gasteiger charge is -2.17. The van der Waals surface area contributed by atoms with Crippen LogP contribution in [0.25, 0.3) is 0 Å². The summed E-state index contributed by atoms with van der Waals surface area (Å²) in [7, 11) is 1.68. The Labute approximate surface area is 188 Å². The standard InChI is InChI=1S/C26H30BrNO2/c1-19-9-7-8-12-23(19)18-30-26-24(27)15-22(16-25(26)29-3)17-28-20(2)13-14-21-10-5-4-6-11-21/h4-12,15-16,20,28H,13-14,17-18H2,1-3H3/t20-/m0/s1. The van der Waals surface area contributed by atoms with Gasteiger partial charge in [0.05, 0.1) is 11.6 Å². The maximum Gasteiger partial charge on any atom is 0.175 e. The average molecular weight is 468 g/mol. The number of benzene rings is 3. The van der Waals surface area contributed by atoms with Gasteiger partial charge in [-0.15, -0.1) is 0 Å². The summed E-state index contributed by atoms with van der Waals surface area (Å²) >= 11 is 3.67. The van der Waals surface area contributed by atoms with Crippen molar-refractivity contribution in [2.24, 2.45) is 0 Å². The van der Waals surface area contributed by atoms with Crippen LogP contribution >= 0.6 is 15.9 Å². The molecule has 3 nitrogen and oxygen atoms in total. The van der Waals surface area contributed by atoms with Crippen LogP contribution in [-0.4, -0.2) is 13.2 Å². The summed E-state index contributed by atoms with van der Waals surface area (Å²) in [4.78, 5) is 0. The Balaban J connectivity index is 1.58. The van der Waals surface area contributed by atoms with E-state index in [0.717, 1.165) is 40.9 Å². The Bertz CT molecular complexity index is 943. The van der Waals surface area contributed by atoms with E-state index < -0.39 is 0 Å². The minimum atomic E-state index is 0.423. The minimum Gasteiger partial charge on any atom is -0.493 e. The predicted octanol–water partition coefficient (Wildman–Crippen LogP) is 6.46. The van der Waals surface area contributed by atoms with Crippen LogP contribution < -0.4 is 14.8 Å². The lowest BCUT2D eigenvalue weighted by atomic mass is 10.1. The Morgan fingerprint density at radius 3 is 2.43 bits per heavy atom. The molecule has 1 N–H and O–H groups in total. The SMILES string of the molecule is COc1cc(CN[C@@H](C)CCc2ccccc2)cc(Br)c1OCc1ccccc1C. The zero-order valence-electron chi connectivity index (χ0n) is 18.0. The highest BCUT2D eigenvalue weighted by atomic mass is 79.9. The molecule has 0 spiro atoms. The molecule has 0 aliphatic carbocycles. The normalized spacial score (nSPS) is 11.9. The first-order valence-corrected chi connectivity index (χ1v) is 11.2. The van der Waals surface area contributed by atoms with Gasteiger partial charge in [0, 0.05) is 12.6 Å². The van der Waals surface area contributed by atoms with E-state index in [1.165, 1.54) is 16.7 Å². The van der Waals surface area contributed by atoms with Crippen molar-refractivity contribution in [2.45, 2.75) is 45.9 Å². The smallest absolute Gasteiger partial charge is 0.175 e. The van der Waals surface area contributed by atoms with Crippen molar-refractivity contribution in [2.75, 3.05) is 7.11 Å². The summed E-state index contributed by atoms with van der Waals surface area (Å²) in [6, 6.07) is 23.5. The number of hydrogen-bond acceptors (Lipinski definition) is 3. The van der Waals surface area contributed by atoms with E-state index in [1.807, 2.05) is 12.1 Å². The topological polar surface area (TPSA) is 30.5 Å². The van der Waals surface area contributed by atoms with Crippen LogP contribution in [0.1, 0.15) is 35.6 Å². The van der Waals surface area contributed by atoms with E-state index in [4.69, 9.17) is 9.47 Å². The van der Waals surface area contributed by atoms with E-state index in [9.17, 15) is 0 Å². The Hall–Kier alpha value is -2.30. The summed E-state index contributed by atoms with van der Waals surface area (Å²) in [6.45, 7) is 5.62. The summed E-state index contributed by atoms with van der Waals surface area (Å²) in [6.07, 6.45) is 2.17. The van der Waals surface area contributed by atoms with Crippen LogP contribution in [0.2, 0.25) is 0 Å². The van der Waals surface area contributed by atoms with Gasteiger partial charge in [-0.05, 0) is 77.0 Å². The van der Waals surface area contributed by atoms with Gasteiger partial charge >= 0.3 is 0 Å². The predicted molar refractivity (Wildman–Crippen MR) is 127 cm³/mol. The molecule has 0 fully saturated rings. The van der Waals surface area contributed by atoms with Crippen LogP contribution in [0.4, 0.5) is 0 Å². The zero-order valence-corrected chi connectivity index (χ0v) is 19.5. The number of halogens is 1. The molecule has 3 aromatic carbocycles. The van der Waals surface area contributed by atoms with Crippen molar-refractivity contribution in [3.63, 3.8) is 0 Å². The molecule has 4 heteroatoms. The fourth-order valence-corrected chi connectivity index (χ4v) is 3.96. The first-order valence-electron chi connectivity index (χ1n) is 10.4. The lowest BCUT2D eigenvalue weighted by Crippen LogP contribution is -2.26. The van der Waals surface area contributed by atoms with Gasteiger partial charge in [0.25, 0.3) is 0 Å². The molecule has 158 valence electrons. The third kappa shape index (κ3) is 6.35. The lowest BCUT2D eigenvalue weighted by molar-refractivity contribution is 0.281. The maximum atomic E-state index is 6.10. The molecule has 1 atom stereocenters. The monoisotopic (exact) mass is 467 g/mol. The number of aryl methyl sites for hydroxylation is 2. The molecule has 0 aromatic heterocycles. The molecule has 0 bridgehead atoms. The Kier molecular flexibility index (Phi) is 8.35. The van der Waals surface area contributed by atoms with Gasteiger partial charge in [0.2, 0.25) is 0 Å². The molecule has 30 heavy (non-hydrogen) atoms. The third-order valence-corrected chi connectivity index (χ3v) is 5.88. The molecule has 0 amide bonds. The second-order valence-corrected chi connectivity index (χ2v) is 8.48. The molecule has 0 saturated carbocycles. The van der Waals surface area contributed by atoms with Gasteiger partial charge in [-0.1, -0.05) is 54.6 Å². The van der Waals surface area contributed by atoms with Gasteiger partial charge in [-0.25, -0.2) is 0 Å². The number of ether oxygens (including phenoxy) is 2. The van der Waals surface area contributed by atoms with Crippen molar-refractivity contribution in [3.05, 3.63) is 93.5 Å². The van der Waals surface area contributed by atoms with Crippen LogP contribution in [0.15, 0.2) is 71.2 Å². The Morgan fingerprint density at radius 1 is 0.967 bits per heavy atom.